The van der Waals surface area contributed by atoms with Gasteiger partial charge in [-0.2, -0.15) is 0 Å². The molecule has 0 atom stereocenters. The van der Waals surface area contributed by atoms with E-state index in [0.29, 0.717) is 17.7 Å². The zero-order valence-corrected chi connectivity index (χ0v) is 17.6. The van der Waals surface area contributed by atoms with E-state index in [-0.39, 0.29) is 22.9 Å². The van der Waals surface area contributed by atoms with Crippen LogP contribution in [0.15, 0.2) is 60.7 Å². The number of nitrogens with zero attached hydrogens (tertiary/aromatic N) is 2. The van der Waals surface area contributed by atoms with Gasteiger partial charge < -0.3 is 31.5 Å². The summed E-state index contributed by atoms with van der Waals surface area (Å²) in [5.41, 5.74) is -0.497. The number of benzene rings is 2. The van der Waals surface area contributed by atoms with Crippen LogP contribution in [-0.2, 0) is 10.4 Å². The maximum Gasteiger partial charge on any atom is 0.263 e. The molecule has 0 aromatic heterocycles. The molecule has 0 spiro atoms. The van der Waals surface area contributed by atoms with E-state index in [4.69, 9.17) is 0 Å². The molecule has 2 rings (SSSR count). The van der Waals surface area contributed by atoms with Gasteiger partial charge in [0.1, 0.15) is 0 Å². The number of hydrogen-bond acceptors (Lipinski definition) is 2. The minimum atomic E-state index is -1.67. The van der Waals surface area contributed by atoms with Crippen LogP contribution in [0.4, 0.5) is 0 Å². The highest BCUT2D eigenvalue weighted by atomic mass is 79.9. The lowest BCUT2D eigenvalue weighted by Gasteiger charge is -2.33. The number of quaternary nitrogens is 1. The van der Waals surface area contributed by atoms with Crippen molar-refractivity contribution in [1.82, 2.24) is 4.90 Å². The number of halogens is 1. The van der Waals surface area contributed by atoms with E-state index < -0.39 is 5.60 Å². The van der Waals surface area contributed by atoms with E-state index in [1.165, 1.54) is 0 Å². The first kappa shape index (κ1) is 22.4. The summed E-state index contributed by atoms with van der Waals surface area (Å²) in [4.78, 5) is 14.8. The van der Waals surface area contributed by atoms with Gasteiger partial charge in [-0.1, -0.05) is 60.7 Å². The summed E-state index contributed by atoms with van der Waals surface area (Å²) in [6, 6.07) is 18.3. The average molecular weight is 421 g/mol. The van der Waals surface area contributed by atoms with Crippen molar-refractivity contribution in [3.63, 3.8) is 0 Å². The van der Waals surface area contributed by atoms with Crippen LogP contribution in [0.3, 0.4) is 0 Å². The molecule has 0 aliphatic rings. The van der Waals surface area contributed by atoms with Crippen LogP contribution in [0.2, 0.25) is 0 Å². The second-order valence-corrected chi connectivity index (χ2v) is 7.54. The summed E-state index contributed by atoms with van der Waals surface area (Å²) in [5, 5.41) is 11.5. The lowest BCUT2D eigenvalue weighted by Crippen LogP contribution is -3.00. The van der Waals surface area contributed by atoms with Crippen molar-refractivity contribution in [2.45, 2.75) is 12.0 Å². The van der Waals surface area contributed by atoms with Crippen LogP contribution in [0.25, 0.3) is 0 Å². The van der Waals surface area contributed by atoms with E-state index in [1.807, 2.05) is 36.4 Å². The molecule has 1 amide bonds. The molecule has 0 heterocycles. The van der Waals surface area contributed by atoms with Gasteiger partial charge in [0.15, 0.2) is 5.60 Å². The van der Waals surface area contributed by atoms with E-state index in [2.05, 4.69) is 21.1 Å². The molecule has 0 radical (unpaired) electrons. The maximum absolute atomic E-state index is 13.2. The predicted molar refractivity (Wildman–Crippen MR) is 101 cm³/mol. The molecule has 0 fully saturated rings. The number of amides is 1. The third-order valence-corrected chi connectivity index (χ3v) is 4.36. The Hall–Kier alpha value is -1.69. The van der Waals surface area contributed by atoms with Crippen molar-refractivity contribution in [3.8, 4) is 0 Å². The van der Waals surface area contributed by atoms with Crippen molar-refractivity contribution < 1.29 is 31.4 Å². The van der Waals surface area contributed by atoms with Gasteiger partial charge in [-0.25, -0.2) is 0 Å². The normalized spacial score (nSPS) is 11.6. The summed E-state index contributed by atoms with van der Waals surface area (Å²) < 4.78 is 0.851. The first-order valence-corrected chi connectivity index (χ1v) is 8.64. The second-order valence-electron chi connectivity index (χ2n) is 7.54. The van der Waals surface area contributed by atoms with Crippen LogP contribution < -0.4 is 17.0 Å². The fourth-order valence-corrected chi connectivity index (χ4v) is 2.93. The monoisotopic (exact) mass is 420 g/mol. The molecule has 5 heteroatoms. The Morgan fingerprint density at radius 1 is 0.962 bits per heavy atom. The number of hydrogen-bond donors (Lipinski definition) is 1. The zero-order valence-electron chi connectivity index (χ0n) is 16.0. The standard InChI is InChI=1S/C21H29N2O2.BrH/c1-22(16-11-17-23(2,3)4)20(24)21(25,18-12-7-5-8-13-18)19-14-9-6-10-15-19;/h5-10,12-15,25H,11,16-17H2,1-4H3;1H/q+1;/p-1. The third kappa shape index (κ3) is 5.40. The molecule has 0 unspecified atom stereocenters. The van der Waals surface area contributed by atoms with E-state index in [9.17, 15) is 9.90 Å². The first-order valence-electron chi connectivity index (χ1n) is 8.64. The lowest BCUT2D eigenvalue weighted by molar-refractivity contribution is -0.870. The molecule has 2 aromatic carbocycles. The highest BCUT2D eigenvalue weighted by Gasteiger charge is 2.41. The highest BCUT2D eigenvalue weighted by molar-refractivity contribution is 5.89. The van der Waals surface area contributed by atoms with E-state index >= 15 is 0 Å². The van der Waals surface area contributed by atoms with Gasteiger partial charge >= 0.3 is 0 Å². The molecule has 2 aromatic rings. The largest absolute Gasteiger partial charge is 1.00 e. The Kier molecular flexibility index (Phi) is 8.00. The Bertz CT molecular complexity index is 645. The quantitative estimate of drug-likeness (QED) is 0.612. The Balaban J connectivity index is 0.00000338. The number of likely N-dealkylation sites (N-methyl/N-ethyl adjacent to an activating group) is 1. The molecule has 4 nitrogen and oxygen atoms in total. The first-order chi connectivity index (χ1) is 11.7. The number of carbonyl (C=O) groups is 1. The fourth-order valence-electron chi connectivity index (χ4n) is 2.93. The fraction of sp³-hybridized carbons (Fsp3) is 0.381. The molecule has 0 saturated carbocycles. The summed E-state index contributed by atoms with van der Waals surface area (Å²) in [5.74, 6) is -0.300. The van der Waals surface area contributed by atoms with Gasteiger partial charge in [0, 0.05) is 20.0 Å². The van der Waals surface area contributed by atoms with Crippen LogP contribution in [0.1, 0.15) is 17.5 Å². The SMILES string of the molecule is CN(CCC[N+](C)(C)C)C(=O)C(O)(c1ccccc1)c1ccccc1.[Br-]. The molecule has 0 aliphatic heterocycles. The molecule has 0 bridgehead atoms. The topological polar surface area (TPSA) is 40.5 Å². The average Bonchev–Trinajstić information content (AvgIpc) is 2.60. The van der Waals surface area contributed by atoms with Crippen LogP contribution >= 0.6 is 0 Å². The van der Waals surface area contributed by atoms with E-state index in [1.54, 1.807) is 36.2 Å². The second kappa shape index (κ2) is 9.31. The smallest absolute Gasteiger partial charge is 0.263 e. The molecule has 0 aliphatic carbocycles. The lowest BCUT2D eigenvalue weighted by atomic mass is 9.85. The Morgan fingerprint density at radius 2 is 1.38 bits per heavy atom. The molecular formula is C21H29BrN2O2. The number of carbonyl (C=O) groups excluding carboxylic acids is 1. The van der Waals surface area contributed by atoms with Crippen LogP contribution in [-0.4, -0.2) is 61.7 Å². The molecule has 142 valence electrons. The molecule has 0 saturated heterocycles. The minimum Gasteiger partial charge on any atom is -1.00 e. The number of aliphatic hydroxyl groups is 1. The molecular weight excluding hydrogens is 392 g/mol. The van der Waals surface area contributed by atoms with Crippen molar-refractivity contribution in [3.05, 3.63) is 71.8 Å². The Labute approximate surface area is 167 Å². The van der Waals surface area contributed by atoms with Crippen molar-refractivity contribution in [2.75, 3.05) is 41.3 Å². The summed E-state index contributed by atoms with van der Waals surface area (Å²) in [6.07, 6.45) is 0.880. The molecule has 26 heavy (non-hydrogen) atoms. The van der Waals surface area contributed by atoms with Crippen LogP contribution in [0, 0.1) is 0 Å². The summed E-state index contributed by atoms with van der Waals surface area (Å²) in [6.45, 7) is 1.57. The van der Waals surface area contributed by atoms with E-state index in [0.717, 1.165) is 17.4 Å². The van der Waals surface area contributed by atoms with Gasteiger partial charge in [-0.3, -0.25) is 4.79 Å². The van der Waals surface area contributed by atoms with Crippen molar-refractivity contribution in [2.24, 2.45) is 0 Å². The zero-order chi connectivity index (χ0) is 18.5. The minimum absolute atomic E-state index is 0. The van der Waals surface area contributed by atoms with Crippen molar-refractivity contribution >= 4 is 5.91 Å². The van der Waals surface area contributed by atoms with Gasteiger partial charge in [-0.15, -0.1) is 0 Å². The van der Waals surface area contributed by atoms with Gasteiger partial charge in [-0.05, 0) is 11.1 Å². The summed E-state index contributed by atoms with van der Waals surface area (Å²) >= 11 is 0. The maximum atomic E-state index is 13.2. The third-order valence-electron chi connectivity index (χ3n) is 4.36. The predicted octanol–water partition coefficient (Wildman–Crippen LogP) is -0.519. The Morgan fingerprint density at radius 3 is 1.77 bits per heavy atom. The van der Waals surface area contributed by atoms with Gasteiger partial charge in [0.2, 0.25) is 0 Å². The summed E-state index contributed by atoms with van der Waals surface area (Å²) in [7, 11) is 8.15. The van der Waals surface area contributed by atoms with Gasteiger partial charge in [0.25, 0.3) is 5.91 Å². The van der Waals surface area contributed by atoms with Gasteiger partial charge in [0.05, 0.1) is 27.7 Å². The van der Waals surface area contributed by atoms with Crippen molar-refractivity contribution in [1.29, 1.82) is 0 Å². The van der Waals surface area contributed by atoms with Crippen LogP contribution in [0.5, 0.6) is 0 Å². The molecule has 1 N–H and O–H groups in total. The highest BCUT2D eigenvalue weighted by Crippen LogP contribution is 2.31. The number of rotatable bonds is 7.